The van der Waals surface area contributed by atoms with Crippen LogP contribution in [0.3, 0.4) is 0 Å². The van der Waals surface area contributed by atoms with Crippen molar-refractivity contribution in [1.29, 1.82) is 0 Å². The Morgan fingerprint density at radius 2 is 2.19 bits per heavy atom. The van der Waals surface area contributed by atoms with Gasteiger partial charge in [-0.3, -0.25) is 10.1 Å². The van der Waals surface area contributed by atoms with Crippen molar-refractivity contribution in [3.05, 3.63) is 51.4 Å². The van der Waals surface area contributed by atoms with Gasteiger partial charge in [0, 0.05) is 17.5 Å². The second-order valence-corrected chi connectivity index (χ2v) is 4.24. The summed E-state index contributed by atoms with van der Waals surface area (Å²) in [5.74, 6) is 0. The molecule has 1 heterocycles. The zero-order valence-corrected chi connectivity index (χ0v) is 9.24. The van der Waals surface area contributed by atoms with E-state index < -0.39 is 0 Å². The summed E-state index contributed by atoms with van der Waals surface area (Å²) < 4.78 is 0. The van der Waals surface area contributed by atoms with Gasteiger partial charge in [-0.05, 0) is 23.1 Å². The first-order valence-electron chi connectivity index (χ1n) is 4.73. The summed E-state index contributed by atoms with van der Waals surface area (Å²) in [6.07, 6.45) is 0. The third-order valence-corrected chi connectivity index (χ3v) is 3.18. The maximum atomic E-state index is 11.0. The van der Waals surface area contributed by atoms with Crippen LogP contribution < -0.4 is 5.73 Å². The SMILES string of the molecule is NCc1ccc(-c2cccs2)c([N+](=O)[O-])c1. The van der Waals surface area contributed by atoms with Crippen LogP contribution >= 0.6 is 11.3 Å². The molecular weight excluding hydrogens is 224 g/mol. The fraction of sp³-hybridized carbons (Fsp3) is 0.0909. The van der Waals surface area contributed by atoms with Gasteiger partial charge in [0.25, 0.3) is 5.69 Å². The van der Waals surface area contributed by atoms with E-state index in [9.17, 15) is 10.1 Å². The van der Waals surface area contributed by atoms with Crippen LogP contribution in [0.15, 0.2) is 35.7 Å². The highest BCUT2D eigenvalue weighted by Crippen LogP contribution is 2.33. The Hall–Kier alpha value is -1.72. The Bertz CT molecular complexity index is 509. The molecule has 0 aliphatic carbocycles. The van der Waals surface area contributed by atoms with Gasteiger partial charge in [-0.1, -0.05) is 12.1 Å². The van der Waals surface area contributed by atoms with Gasteiger partial charge in [0.1, 0.15) is 0 Å². The molecule has 0 fully saturated rings. The maximum absolute atomic E-state index is 11.0. The molecule has 5 heteroatoms. The van der Waals surface area contributed by atoms with Crippen LogP contribution in [0.25, 0.3) is 10.4 Å². The second kappa shape index (κ2) is 4.42. The minimum Gasteiger partial charge on any atom is -0.326 e. The summed E-state index contributed by atoms with van der Waals surface area (Å²) in [7, 11) is 0. The fourth-order valence-electron chi connectivity index (χ4n) is 1.50. The molecule has 0 aliphatic rings. The first kappa shape index (κ1) is 10.8. The van der Waals surface area contributed by atoms with Gasteiger partial charge in [-0.15, -0.1) is 11.3 Å². The van der Waals surface area contributed by atoms with Crippen molar-refractivity contribution < 1.29 is 4.92 Å². The number of thiophene rings is 1. The lowest BCUT2D eigenvalue weighted by atomic mass is 10.1. The van der Waals surface area contributed by atoms with E-state index in [0.29, 0.717) is 12.1 Å². The Morgan fingerprint density at radius 3 is 2.75 bits per heavy atom. The summed E-state index contributed by atoms with van der Waals surface area (Å²) in [6.45, 7) is 0.311. The Labute approximate surface area is 96.5 Å². The summed E-state index contributed by atoms with van der Waals surface area (Å²) in [5.41, 5.74) is 7.00. The maximum Gasteiger partial charge on any atom is 0.278 e. The standard InChI is InChI=1S/C11H10N2O2S/c12-7-8-3-4-9(10(6-8)13(14)15)11-2-1-5-16-11/h1-6H,7,12H2. The number of nitro groups is 1. The van der Waals surface area contributed by atoms with Crippen molar-refractivity contribution in [1.82, 2.24) is 0 Å². The molecule has 1 aromatic heterocycles. The van der Waals surface area contributed by atoms with Crippen LogP contribution in [0.2, 0.25) is 0 Å². The largest absolute Gasteiger partial charge is 0.326 e. The lowest BCUT2D eigenvalue weighted by Gasteiger charge is -2.02. The lowest BCUT2D eigenvalue weighted by Crippen LogP contribution is -1.98. The Kier molecular flexibility index (Phi) is 2.98. The first-order valence-corrected chi connectivity index (χ1v) is 5.61. The highest BCUT2D eigenvalue weighted by Gasteiger charge is 2.16. The van der Waals surface area contributed by atoms with E-state index in [-0.39, 0.29) is 10.6 Å². The van der Waals surface area contributed by atoms with Crippen molar-refractivity contribution in [2.24, 2.45) is 5.73 Å². The molecule has 0 radical (unpaired) electrons. The molecule has 0 bridgehead atoms. The van der Waals surface area contributed by atoms with Crippen molar-refractivity contribution in [3.8, 4) is 10.4 Å². The van der Waals surface area contributed by atoms with Crippen molar-refractivity contribution >= 4 is 17.0 Å². The van der Waals surface area contributed by atoms with Gasteiger partial charge in [0.15, 0.2) is 0 Å². The van der Waals surface area contributed by atoms with Gasteiger partial charge < -0.3 is 5.73 Å². The van der Waals surface area contributed by atoms with Crippen LogP contribution in [-0.2, 0) is 6.54 Å². The molecule has 0 spiro atoms. The van der Waals surface area contributed by atoms with E-state index >= 15 is 0 Å². The van der Waals surface area contributed by atoms with Gasteiger partial charge >= 0.3 is 0 Å². The van der Waals surface area contributed by atoms with Crippen LogP contribution in [0, 0.1) is 10.1 Å². The predicted octanol–water partition coefficient (Wildman–Crippen LogP) is 2.78. The van der Waals surface area contributed by atoms with E-state index in [4.69, 9.17) is 5.73 Å². The average molecular weight is 234 g/mol. The van der Waals surface area contributed by atoms with E-state index in [0.717, 1.165) is 10.4 Å². The topological polar surface area (TPSA) is 69.2 Å². The van der Waals surface area contributed by atoms with Crippen molar-refractivity contribution in [3.63, 3.8) is 0 Å². The second-order valence-electron chi connectivity index (χ2n) is 3.29. The monoisotopic (exact) mass is 234 g/mol. The van der Waals surface area contributed by atoms with Crippen molar-refractivity contribution in [2.45, 2.75) is 6.54 Å². The average Bonchev–Trinajstić information content (AvgIpc) is 2.81. The zero-order valence-electron chi connectivity index (χ0n) is 8.42. The molecule has 0 amide bonds. The van der Waals surface area contributed by atoms with E-state index in [1.165, 1.54) is 17.4 Å². The third-order valence-electron chi connectivity index (χ3n) is 2.28. The van der Waals surface area contributed by atoms with Crippen LogP contribution in [0.4, 0.5) is 5.69 Å². The minimum absolute atomic E-state index is 0.116. The van der Waals surface area contributed by atoms with E-state index in [1.807, 2.05) is 23.6 Å². The van der Waals surface area contributed by atoms with Gasteiger partial charge in [-0.25, -0.2) is 0 Å². The molecule has 0 unspecified atom stereocenters. The zero-order chi connectivity index (χ0) is 11.5. The highest BCUT2D eigenvalue weighted by atomic mass is 32.1. The van der Waals surface area contributed by atoms with Crippen LogP contribution in [-0.4, -0.2) is 4.92 Å². The van der Waals surface area contributed by atoms with Gasteiger partial charge in [0.2, 0.25) is 0 Å². The molecule has 82 valence electrons. The molecule has 0 aliphatic heterocycles. The fourth-order valence-corrected chi connectivity index (χ4v) is 2.26. The number of hydrogen-bond donors (Lipinski definition) is 1. The molecule has 0 saturated carbocycles. The van der Waals surface area contributed by atoms with Crippen LogP contribution in [0.1, 0.15) is 5.56 Å². The molecule has 16 heavy (non-hydrogen) atoms. The number of benzene rings is 1. The quantitative estimate of drug-likeness (QED) is 0.655. The summed E-state index contributed by atoms with van der Waals surface area (Å²) in [4.78, 5) is 11.5. The van der Waals surface area contributed by atoms with Gasteiger partial charge in [-0.2, -0.15) is 0 Å². The van der Waals surface area contributed by atoms with E-state index in [1.54, 1.807) is 6.07 Å². The molecule has 1 aromatic carbocycles. The molecule has 0 atom stereocenters. The number of nitrogens with zero attached hydrogens (tertiary/aromatic N) is 1. The van der Waals surface area contributed by atoms with E-state index in [2.05, 4.69) is 0 Å². The highest BCUT2D eigenvalue weighted by molar-refractivity contribution is 7.13. The number of hydrogen-bond acceptors (Lipinski definition) is 4. The molecule has 2 N–H and O–H groups in total. The summed E-state index contributed by atoms with van der Waals surface area (Å²) in [5, 5.41) is 12.9. The normalized spacial score (nSPS) is 10.3. The van der Waals surface area contributed by atoms with Crippen LogP contribution in [0.5, 0.6) is 0 Å². The summed E-state index contributed by atoms with van der Waals surface area (Å²) in [6, 6.07) is 8.86. The number of rotatable bonds is 3. The third kappa shape index (κ3) is 1.95. The smallest absolute Gasteiger partial charge is 0.278 e. The first-order chi connectivity index (χ1) is 7.72. The van der Waals surface area contributed by atoms with Crippen molar-refractivity contribution in [2.75, 3.05) is 0 Å². The lowest BCUT2D eigenvalue weighted by molar-refractivity contribution is -0.384. The van der Waals surface area contributed by atoms with Gasteiger partial charge in [0.05, 0.1) is 10.5 Å². The molecular formula is C11H10N2O2S. The molecule has 4 nitrogen and oxygen atoms in total. The molecule has 2 rings (SSSR count). The Morgan fingerprint density at radius 1 is 1.38 bits per heavy atom. The minimum atomic E-state index is -0.367. The Balaban J connectivity index is 2.57. The number of nitrogens with two attached hydrogens (primary N) is 1. The molecule has 2 aromatic rings. The number of nitro benzene ring substituents is 1. The molecule has 0 saturated heterocycles. The predicted molar refractivity (Wildman–Crippen MR) is 64.3 cm³/mol. The summed E-state index contributed by atoms with van der Waals surface area (Å²) >= 11 is 1.49.